The van der Waals surface area contributed by atoms with E-state index < -0.39 is 17.9 Å². The van der Waals surface area contributed by atoms with Crippen LogP contribution in [0, 0.1) is 5.92 Å². The molecule has 8 heteroatoms. The maximum atomic E-state index is 12.4. The average molecular weight is 317 g/mol. The summed E-state index contributed by atoms with van der Waals surface area (Å²) in [5.74, 6) is 0.222. The summed E-state index contributed by atoms with van der Waals surface area (Å²) in [5.41, 5.74) is -0.816. The highest BCUT2D eigenvalue weighted by molar-refractivity contribution is 5.88. The Morgan fingerprint density at radius 3 is 2.73 bits per heavy atom. The number of urea groups is 1. The van der Waals surface area contributed by atoms with E-state index in [1.807, 2.05) is 0 Å². The third kappa shape index (κ3) is 4.87. The third-order valence-corrected chi connectivity index (χ3v) is 3.62. The zero-order valence-electron chi connectivity index (χ0n) is 11.9. The molecule has 0 saturated heterocycles. The number of alkyl halides is 3. The molecule has 3 N–H and O–H groups in total. The van der Waals surface area contributed by atoms with E-state index in [9.17, 15) is 23.1 Å². The molecule has 1 saturated carbocycles. The third-order valence-electron chi connectivity index (χ3n) is 3.62. The SMILES string of the molecule is O=C(NCC1CCCC(O)C1)Nc1ccc(C(F)(F)F)nc1. The van der Waals surface area contributed by atoms with Crippen molar-refractivity contribution in [1.29, 1.82) is 0 Å². The number of amides is 2. The molecule has 1 aliphatic rings. The predicted molar refractivity (Wildman–Crippen MR) is 74.2 cm³/mol. The first-order valence-electron chi connectivity index (χ1n) is 7.11. The molecular formula is C14H18F3N3O2. The summed E-state index contributed by atoms with van der Waals surface area (Å²) in [6.07, 6.45) is -0.531. The molecule has 0 spiro atoms. The maximum Gasteiger partial charge on any atom is 0.433 e. The van der Waals surface area contributed by atoms with Crippen molar-refractivity contribution in [3.8, 4) is 0 Å². The van der Waals surface area contributed by atoms with Crippen LogP contribution < -0.4 is 10.6 Å². The number of nitrogens with zero attached hydrogens (tertiary/aromatic N) is 1. The molecule has 1 heterocycles. The fourth-order valence-electron chi connectivity index (χ4n) is 2.50. The zero-order chi connectivity index (χ0) is 16.2. The molecule has 22 heavy (non-hydrogen) atoms. The lowest BCUT2D eigenvalue weighted by Crippen LogP contribution is -2.35. The van der Waals surface area contributed by atoms with E-state index in [-0.39, 0.29) is 17.7 Å². The van der Waals surface area contributed by atoms with Gasteiger partial charge in [0.05, 0.1) is 18.0 Å². The Hall–Kier alpha value is -1.83. The fraction of sp³-hybridized carbons (Fsp3) is 0.571. The van der Waals surface area contributed by atoms with Crippen LogP contribution in [0.25, 0.3) is 0 Å². The predicted octanol–water partition coefficient (Wildman–Crippen LogP) is 2.77. The molecule has 5 nitrogen and oxygen atoms in total. The van der Waals surface area contributed by atoms with E-state index in [1.165, 1.54) is 0 Å². The second-order valence-electron chi connectivity index (χ2n) is 5.45. The van der Waals surface area contributed by atoms with Crippen LogP contribution in [-0.4, -0.2) is 28.8 Å². The number of rotatable bonds is 3. The normalized spacial score (nSPS) is 22.2. The number of pyridine rings is 1. The van der Waals surface area contributed by atoms with Gasteiger partial charge in [0.15, 0.2) is 0 Å². The topological polar surface area (TPSA) is 74.2 Å². The summed E-state index contributed by atoms with van der Waals surface area (Å²) >= 11 is 0. The van der Waals surface area contributed by atoms with Crippen LogP contribution in [-0.2, 0) is 6.18 Å². The van der Waals surface area contributed by atoms with Gasteiger partial charge >= 0.3 is 12.2 Å². The smallest absolute Gasteiger partial charge is 0.393 e. The molecule has 0 aromatic carbocycles. The Morgan fingerprint density at radius 2 is 2.14 bits per heavy atom. The van der Waals surface area contributed by atoms with Gasteiger partial charge in [0, 0.05) is 6.54 Å². The highest BCUT2D eigenvalue weighted by Gasteiger charge is 2.32. The molecule has 1 aromatic rings. The number of hydrogen-bond donors (Lipinski definition) is 3. The molecule has 1 aliphatic carbocycles. The highest BCUT2D eigenvalue weighted by atomic mass is 19.4. The lowest BCUT2D eigenvalue weighted by atomic mass is 9.87. The van der Waals surface area contributed by atoms with Gasteiger partial charge in [-0.15, -0.1) is 0 Å². The van der Waals surface area contributed by atoms with Crippen molar-refractivity contribution in [1.82, 2.24) is 10.3 Å². The van der Waals surface area contributed by atoms with E-state index in [2.05, 4.69) is 15.6 Å². The summed E-state index contributed by atoms with van der Waals surface area (Å²) in [5, 5.41) is 14.6. The molecule has 0 radical (unpaired) electrons. The number of carbonyl (C=O) groups excluding carboxylic acids is 1. The minimum atomic E-state index is -4.50. The Kier molecular flexibility index (Phi) is 5.23. The van der Waals surface area contributed by atoms with Crippen molar-refractivity contribution in [3.63, 3.8) is 0 Å². The van der Waals surface area contributed by atoms with Gasteiger partial charge in [-0.25, -0.2) is 9.78 Å². The van der Waals surface area contributed by atoms with E-state index in [0.29, 0.717) is 13.0 Å². The van der Waals surface area contributed by atoms with Crippen LogP contribution in [0.15, 0.2) is 18.3 Å². The van der Waals surface area contributed by atoms with Crippen molar-refractivity contribution in [2.45, 2.75) is 38.0 Å². The molecular weight excluding hydrogens is 299 g/mol. The first-order chi connectivity index (χ1) is 10.3. The van der Waals surface area contributed by atoms with Crippen molar-refractivity contribution in [3.05, 3.63) is 24.0 Å². The average Bonchev–Trinajstić information content (AvgIpc) is 2.45. The Morgan fingerprint density at radius 1 is 1.36 bits per heavy atom. The Labute approximate surface area is 125 Å². The van der Waals surface area contributed by atoms with Gasteiger partial charge in [0.2, 0.25) is 0 Å². The summed E-state index contributed by atoms with van der Waals surface area (Å²) in [7, 11) is 0. The molecule has 2 amide bonds. The molecule has 0 aliphatic heterocycles. The van der Waals surface area contributed by atoms with Gasteiger partial charge in [0.25, 0.3) is 0 Å². The van der Waals surface area contributed by atoms with E-state index in [0.717, 1.165) is 37.6 Å². The van der Waals surface area contributed by atoms with Gasteiger partial charge in [-0.2, -0.15) is 13.2 Å². The van der Waals surface area contributed by atoms with Crippen LogP contribution in [0.1, 0.15) is 31.4 Å². The van der Waals surface area contributed by atoms with Crippen molar-refractivity contribution in [2.75, 3.05) is 11.9 Å². The van der Waals surface area contributed by atoms with Gasteiger partial charge in [-0.3, -0.25) is 0 Å². The van der Waals surface area contributed by atoms with Gasteiger partial charge in [0.1, 0.15) is 5.69 Å². The molecule has 122 valence electrons. The van der Waals surface area contributed by atoms with Crippen LogP contribution in [0.4, 0.5) is 23.7 Å². The summed E-state index contributed by atoms with van der Waals surface area (Å²) in [6.45, 7) is 0.428. The molecule has 2 rings (SSSR count). The molecule has 2 atom stereocenters. The van der Waals surface area contributed by atoms with Crippen molar-refractivity contribution < 1.29 is 23.1 Å². The number of nitrogens with one attached hydrogen (secondary N) is 2. The largest absolute Gasteiger partial charge is 0.433 e. The standard InChI is InChI=1S/C14H18F3N3O2/c15-14(16,17)12-5-4-10(8-18-12)20-13(22)19-7-9-2-1-3-11(21)6-9/h4-5,8-9,11,21H,1-3,6-7H2,(H2,19,20,22). The lowest BCUT2D eigenvalue weighted by Gasteiger charge is -2.25. The first-order valence-corrected chi connectivity index (χ1v) is 7.11. The molecule has 2 unspecified atom stereocenters. The van der Waals surface area contributed by atoms with Crippen LogP contribution >= 0.6 is 0 Å². The summed E-state index contributed by atoms with van der Waals surface area (Å²) < 4.78 is 37.1. The second kappa shape index (κ2) is 6.95. The van der Waals surface area contributed by atoms with Crippen molar-refractivity contribution in [2.24, 2.45) is 5.92 Å². The van der Waals surface area contributed by atoms with E-state index in [1.54, 1.807) is 0 Å². The van der Waals surface area contributed by atoms with Gasteiger partial charge < -0.3 is 15.7 Å². The van der Waals surface area contributed by atoms with Crippen LogP contribution in [0.2, 0.25) is 0 Å². The van der Waals surface area contributed by atoms with Gasteiger partial charge in [-0.1, -0.05) is 6.42 Å². The van der Waals surface area contributed by atoms with Gasteiger partial charge in [-0.05, 0) is 37.3 Å². The Balaban J connectivity index is 1.79. The second-order valence-corrected chi connectivity index (χ2v) is 5.45. The minimum absolute atomic E-state index is 0.189. The number of aliphatic hydroxyl groups is 1. The van der Waals surface area contributed by atoms with Crippen LogP contribution in [0.5, 0.6) is 0 Å². The number of anilines is 1. The molecule has 0 bridgehead atoms. The number of halogens is 3. The number of aliphatic hydroxyl groups excluding tert-OH is 1. The monoisotopic (exact) mass is 317 g/mol. The molecule has 1 aromatic heterocycles. The quantitative estimate of drug-likeness (QED) is 0.802. The first kappa shape index (κ1) is 16.5. The maximum absolute atomic E-state index is 12.4. The van der Waals surface area contributed by atoms with E-state index >= 15 is 0 Å². The van der Waals surface area contributed by atoms with E-state index in [4.69, 9.17) is 0 Å². The minimum Gasteiger partial charge on any atom is -0.393 e. The van der Waals surface area contributed by atoms with Crippen LogP contribution in [0.3, 0.4) is 0 Å². The number of aromatic nitrogens is 1. The number of carbonyl (C=O) groups is 1. The number of hydrogen-bond acceptors (Lipinski definition) is 3. The highest BCUT2D eigenvalue weighted by Crippen LogP contribution is 2.27. The zero-order valence-corrected chi connectivity index (χ0v) is 11.9. The summed E-state index contributed by atoms with van der Waals surface area (Å²) in [6, 6.07) is 1.47. The lowest BCUT2D eigenvalue weighted by molar-refractivity contribution is -0.141. The molecule has 1 fully saturated rings. The fourth-order valence-corrected chi connectivity index (χ4v) is 2.50. The Bertz CT molecular complexity index is 505. The van der Waals surface area contributed by atoms with Crippen molar-refractivity contribution >= 4 is 11.7 Å². The summed E-state index contributed by atoms with van der Waals surface area (Å²) in [4.78, 5) is 14.9.